The first-order valence-corrected chi connectivity index (χ1v) is 7.67. The lowest BCUT2D eigenvalue weighted by Gasteiger charge is -2.45. The van der Waals surface area contributed by atoms with E-state index in [0.29, 0.717) is 24.1 Å². The number of hydrogen-bond acceptors (Lipinski definition) is 4. The normalized spacial score (nSPS) is 25.8. The molecule has 1 amide bonds. The van der Waals surface area contributed by atoms with Crippen LogP contribution in [0.5, 0.6) is 0 Å². The maximum atomic E-state index is 12.5. The predicted octanol–water partition coefficient (Wildman–Crippen LogP) is 2.33. The molecular formula is C15H17ClN2O3. The fourth-order valence-corrected chi connectivity index (χ4v) is 4.09. The van der Waals surface area contributed by atoms with Crippen LogP contribution in [0.3, 0.4) is 0 Å². The quantitative estimate of drug-likeness (QED) is 0.690. The van der Waals surface area contributed by atoms with Crippen molar-refractivity contribution >= 4 is 17.5 Å². The minimum Gasteiger partial charge on any atom is -0.348 e. The van der Waals surface area contributed by atoms with Crippen molar-refractivity contribution in [1.82, 2.24) is 9.88 Å². The van der Waals surface area contributed by atoms with Crippen LogP contribution in [0.2, 0.25) is 5.15 Å². The van der Waals surface area contributed by atoms with Gasteiger partial charge in [0.1, 0.15) is 10.8 Å². The largest absolute Gasteiger partial charge is 0.348 e. The molecule has 1 saturated carbocycles. The number of rotatable bonds is 0. The highest BCUT2D eigenvalue weighted by atomic mass is 35.5. The molecular weight excluding hydrogens is 292 g/mol. The van der Waals surface area contributed by atoms with Crippen LogP contribution in [0.15, 0.2) is 12.1 Å². The van der Waals surface area contributed by atoms with Crippen LogP contribution in [-0.4, -0.2) is 41.8 Å². The minimum atomic E-state index is -0.433. The summed E-state index contributed by atoms with van der Waals surface area (Å²) in [7, 11) is 1.85. The van der Waals surface area contributed by atoms with E-state index in [4.69, 9.17) is 21.1 Å². The van der Waals surface area contributed by atoms with Crippen molar-refractivity contribution in [2.45, 2.75) is 37.0 Å². The van der Waals surface area contributed by atoms with Crippen LogP contribution in [0.1, 0.15) is 41.7 Å². The maximum Gasteiger partial charge on any atom is 0.273 e. The second kappa shape index (κ2) is 4.41. The molecule has 1 aromatic heterocycles. The number of ether oxygens (including phenoxy) is 2. The number of carbonyl (C=O) groups is 1. The number of nitrogens with zero attached hydrogens (tertiary/aromatic N) is 2. The summed E-state index contributed by atoms with van der Waals surface area (Å²) in [5.74, 6) is -0.478. The highest BCUT2D eigenvalue weighted by Crippen LogP contribution is 2.51. The molecule has 1 saturated heterocycles. The van der Waals surface area contributed by atoms with Gasteiger partial charge in [-0.05, 0) is 18.9 Å². The zero-order valence-corrected chi connectivity index (χ0v) is 12.7. The molecule has 0 aromatic carbocycles. The lowest BCUT2D eigenvalue weighted by molar-refractivity contribution is -0.191. The first-order chi connectivity index (χ1) is 10.1. The Kier molecular flexibility index (Phi) is 2.83. The van der Waals surface area contributed by atoms with Gasteiger partial charge in [0.15, 0.2) is 5.79 Å². The molecule has 21 heavy (non-hydrogen) atoms. The second-order valence-electron chi connectivity index (χ2n) is 6.03. The Morgan fingerprint density at radius 1 is 1.19 bits per heavy atom. The maximum absolute atomic E-state index is 12.5. The number of fused-ring (bicyclic) bond motifs is 2. The Labute approximate surface area is 128 Å². The van der Waals surface area contributed by atoms with Crippen LogP contribution < -0.4 is 0 Å². The third-order valence-corrected chi connectivity index (χ3v) is 5.37. The first kappa shape index (κ1) is 13.5. The first-order valence-electron chi connectivity index (χ1n) is 7.30. The van der Waals surface area contributed by atoms with E-state index in [-0.39, 0.29) is 11.4 Å². The van der Waals surface area contributed by atoms with E-state index in [0.717, 1.165) is 31.2 Å². The minimum absolute atomic E-state index is 0.0447. The third kappa shape index (κ3) is 1.77. The summed E-state index contributed by atoms with van der Waals surface area (Å²) in [6.45, 7) is 1.32. The summed E-state index contributed by atoms with van der Waals surface area (Å²) in [6, 6.07) is 3.71. The fourth-order valence-electron chi connectivity index (χ4n) is 3.94. The molecule has 1 aliphatic carbocycles. The molecule has 3 aliphatic rings. The van der Waals surface area contributed by atoms with Gasteiger partial charge in [0.05, 0.1) is 18.8 Å². The SMILES string of the molecule is CN1C(=O)c2nc(Cl)ccc2C12CCC1(CC2)OCCO1. The summed E-state index contributed by atoms with van der Waals surface area (Å²) in [4.78, 5) is 18.5. The Hall–Kier alpha value is -1.17. The lowest BCUT2D eigenvalue weighted by atomic mass is 9.75. The van der Waals surface area contributed by atoms with Crippen LogP contribution >= 0.6 is 11.6 Å². The van der Waals surface area contributed by atoms with Crippen LogP contribution in [0.4, 0.5) is 0 Å². The summed E-state index contributed by atoms with van der Waals surface area (Å²) in [6.07, 6.45) is 3.25. The molecule has 0 radical (unpaired) electrons. The summed E-state index contributed by atoms with van der Waals surface area (Å²) in [5, 5.41) is 0.363. The van der Waals surface area contributed by atoms with Crippen LogP contribution in [-0.2, 0) is 15.0 Å². The molecule has 2 spiro atoms. The number of amides is 1. The van der Waals surface area contributed by atoms with Gasteiger partial charge in [-0.15, -0.1) is 0 Å². The van der Waals surface area contributed by atoms with Gasteiger partial charge in [-0.3, -0.25) is 4.79 Å². The highest BCUT2D eigenvalue weighted by Gasteiger charge is 2.54. The zero-order valence-electron chi connectivity index (χ0n) is 11.9. The number of carbonyl (C=O) groups excluding carboxylic acids is 1. The monoisotopic (exact) mass is 308 g/mol. The van der Waals surface area contributed by atoms with Gasteiger partial charge in [-0.2, -0.15) is 0 Å². The smallest absolute Gasteiger partial charge is 0.273 e. The average Bonchev–Trinajstić information content (AvgIpc) is 3.02. The fraction of sp³-hybridized carbons (Fsp3) is 0.600. The Morgan fingerprint density at radius 2 is 1.86 bits per heavy atom. The van der Waals surface area contributed by atoms with Gasteiger partial charge in [-0.1, -0.05) is 17.7 Å². The standard InChI is InChI=1S/C15H17ClN2O3/c1-18-13(19)12-10(2-3-11(16)17-12)14(18)4-6-15(7-5-14)20-8-9-21-15/h2-3H,4-9H2,1H3. The van der Waals surface area contributed by atoms with E-state index >= 15 is 0 Å². The molecule has 0 unspecified atom stereocenters. The van der Waals surface area contributed by atoms with Crippen LogP contribution in [0.25, 0.3) is 0 Å². The Bertz CT molecular complexity index is 603. The van der Waals surface area contributed by atoms with Gasteiger partial charge < -0.3 is 14.4 Å². The predicted molar refractivity (Wildman–Crippen MR) is 76.1 cm³/mol. The molecule has 0 N–H and O–H groups in total. The molecule has 6 heteroatoms. The van der Waals surface area contributed by atoms with Crippen molar-refractivity contribution < 1.29 is 14.3 Å². The number of halogens is 1. The molecule has 5 nitrogen and oxygen atoms in total. The van der Waals surface area contributed by atoms with E-state index in [1.807, 2.05) is 18.0 Å². The van der Waals surface area contributed by atoms with E-state index in [1.54, 1.807) is 6.07 Å². The van der Waals surface area contributed by atoms with Crippen LogP contribution in [0, 0.1) is 0 Å². The number of hydrogen-bond donors (Lipinski definition) is 0. The van der Waals surface area contributed by atoms with Crippen molar-refractivity contribution in [3.8, 4) is 0 Å². The van der Waals surface area contributed by atoms with Gasteiger partial charge in [0.2, 0.25) is 0 Å². The number of pyridine rings is 1. The topological polar surface area (TPSA) is 51.7 Å². The van der Waals surface area contributed by atoms with Crippen molar-refractivity contribution in [2.75, 3.05) is 20.3 Å². The summed E-state index contributed by atoms with van der Waals surface area (Å²) < 4.78 is 11.6. The van der Waals surface area contributed by atoms with Gasteiger partial charge in [0.25, 0.3) is 5.91 Å². The highest BCUT2D eigenvalue weighted by molar-refractivity contribution is 6.29. The molecule has 112 valence electrons. The zero-order chi connectivity index (χ0) is 14.7. The lowest BCUT2D eigenvalue weighted by Crippen LogP contribution is -2.48. The number of aromatic nitrogens is 1. The Balaban J connectivity index is 1.71. The molecule has 3 heterocycles. The van der Waals surface area contributed by atoms with Gasteiger partial charge in [-0.25, -0.2) is 4.98 Å². The van der Waals surface area contributed by atoms with Gasteiger partial charge in [0, 0.05) is 25.5 Å². The molecule has 2 aliphatic heterocycles. The third-order valence-electron chi connectivity index (χ3n) is 5.16. The van der Waals surface area contributed by atoms with Crippen molar-refractivity contribution in [2.24, 2.45) is 0 Å². The van der Waals surface area contributed by atoms with Crippen molar-refractivity contribution in [3.63, 3.8) is 0 Å². The summed E-state index contributed by atoms with van der Waals surface area (Å²) in [5.41, 5.74) is 1.20. The summed E-state index contributed by atoms with van der Waals surface area (Å²) >= 11 is 5.94. The van der Waals surface area contributed by atoms with Crippen molar-refractivity contribution in [1.29, 1.82) is 0 Å². The molecule has 0 bridgehead atoms. The average molecular weight is 309 g/mol. The second-order valence-corrected chi connectivity index (χ2v) is 6.42. The van der Waals surface area contributed by atoms with E-state index < -0.39 is 5.79 Å². The van der Waals surface area contributed by atoms with Crippen molar-refractivity contribution in [3.05, 3.63) is 28.5 Å². The van der Waals surface area contributed by atoms with E-state index in [9.17, 15) is 4.79 Å². The van der Waals surface area contributed by atoms with Gasteiger partial charge >= 0.3 is 0 Å². The molecule has 2 fully saturated rings. The molecule has 1 aromatic rings. The Morgan fingerprint density at radius 3 is 2.52 bits per heavy atom. The molecule has 4 rings (SSSR count). The molecule has 0 atom stereocenters. The van der Waals surface area contributed by atoms with E-state index in [2.05, 4.69) is 4.98 Å². The van der Waals surface area contributed by atoms with E-state index in [1.165, 1.54) is 0 Å².